The van der Waals surface area contributed by atoms with Crippen LogP contribution in [0.15, 0.2) is 82.2 Å². The number of hydrogen-bond donors (Lipinski definition) is 2. The van der Waals surface area contributed by atoms with E-state index in [0.29, 0.717) is 11.1 Å². The van der Waals surface area contributed by atoms with Gasteiger partial charge in [0.05, 0.1) is 5.39 Å². The van der Waals surface area contributed by atoms with Crippen LogP contribution in [0.5, 0.6) is 0 Å². The van der Waals surface area contributed by atoms with Crippen LogP contribution >= 0.6 is 0 Å². The number of rotatable bonds is 2. The van der Waals surface area contributed by atoms with Crippen molar-refractivity contribution in [3.8, 4) is 16.8 Å². The van der Waals surface area contributed by atoms with Crippen LogP contribution in [0, 0.1) is 0 Å². The molecule has 0 atom stereocenters. The Hall–Kier alpha value is -3.73. The van der Waals surface area contributed by atoms with Crippen LogP contribution < -0.4 is 11.4 Å². The van der Waals surface area contributed by atoms with Gasteiger partial charge in [0.15, 0.2) is 0 Å². The van der Waals surface area contributed by atoms with Crippen LogP contribution in [0.4, 0.5) is 5.69 Å². The topological polar surface area (TPSA) is 77.0 Å². The molecule has 5 aromatic rings. The lowest BCUT2D eigenvalue weighted by atomic mass is 10.0. The number of benzene rings is 3. The molecule has 0 saturated carbocycles. The Kier molecular flexibility index (Phi) is 3.03. The molecule has 0 bridgehead atoms. The van der Waals surface area contributed by atoms with E-state index >= 15 is 0 Å². The van der Waals surface area contributed by atoms with Gasteiger partial charge in [-0.2, -0.15) is 4.74 Å². The molecule has 0 radical (unpaired) electrons. The fourth-order valence-corrected chi connectivity index (χ4v) is 3.44. The number of hydrogen-bond acceptors (Lipinski definition) is 3. The Morgan fingerprint density at radius 3 is 2.62 bits per heavy atom. The fourth-order valence-electron chi connectivity index (χ4n) is 3.44. The summed E-state index contributed by atoms with van der Waals surface area (Å²) in [5, 5.41) is 1.52. The number of nitrogen functional groups attached to an aromatic ring is 1. The maximum atomic E-state index is 12.5. The van der Waals surface area contributed by atoms with Gasteiger partial charge < -0.3 is 15.2 Å². The second-order valence-corrected chi connectivity index (χ2v) is 6.22. The average Bonchev–Trinajstić information content (AvgIpc) is 3.23. The molecule has 5 rings (SSSR count). The maximum absolute atomic E-state index is 12.5. The van der Waals surface area contributed by atoms with E-state index in [1.54, 1.807) is 10.8 Å². The highest BCUT2D eigenvalue weighted by atomic mass is 16.5. The summed E-state index contributed by atoms with van der Waals surface area (Å²) in [4.78, 5) is 15.7. The maximum Gasteiger partial charge on any atom is 0.365 e. The van der Waals surface area contributed by atoms with Crippen LogP contribution in [0.2, 0.25) is 0 Å². The smallest absolute Gasteiger partial charge is 0.365 e. The van der Waals surface area contributed by atoms with Gasteiger partial charge in [-0.15, -0.1) is 0 Å². The molecule has 0 fully saturated rings. The molecule has 0 spiro atoms. The Labute approximate surface area is 148 Å². The van der Waals surface area contributed by atoms with Gasteiger partial charge in [0.2, 0.25) is 0 Å². The van der Waals surface area contributed by atoms with E-state index in [0.717, 1.165) is 33.2 Å². The molecule has 3 N–H and O–H groups in total. The van der Waals surface area contributed by atoms with E-state index < -0.39 is 0 Å². The van der Waals surface area contributed by atoms with E-state index in [2.05, 4.69) is 4.98 Å². The molecular formula is C21H15N3O2. The lowest BCUT2D eigenvalue weighted by Crippen LogP contribution is -1.94. The van der Waals surface area contributed by atoms with E-state index in [1.165, 1.54) is 0 Å². The molecule has 2 heterocycles. The summed E-state index contributed by atoms with van der Waals surface area (Å²) in [6.45, 7) is 0. The summed E-state index contributed by atoms with van der Waals surface area (Å²) in [7, 11) is 0. The highest BCUT2D eigenvalue weighted by Crippen LogP contribution is 2.32. The quantitative estimate of drug-likeness (QED) is 0.470. The Bertz CT molecular complexity index is 1320. The lowest BCUT2D eigenvalue weighted by molar-refractivity contribution is 0.335. The first-order chi connectivity index (χ1) is 12.7. The number of aromatic nitrogens is 2. The van der Waals surface area contributed by atoms with Gasteiger partial charge in [-0.25, -0.2) is 4.79 Å². The standard InChI is InChI=1S/C21H15N3O2/c22-14-6-3-5-13(11-14)15-8-4-9-17-20(15)24(26-21(17)25)19-12-23-18-10-2-1-7-16(18)19/h1-12,23H,22H2. The number of fused-ring (bicyclic) bond motifs is 2. The van der Waals surface area contributed by atoms with Gasteiger partial charge in [0.1, 0.15) is 11.2 Å². The number of H-pyrrole nitrogens is 1. The largest absolute Gasteiger partial charge is 0.399 e. The van der Waals surface area contributed by atoms with Crippen molar-refractivity contribution in [2.45, 2.75) is 0 Å². The number of aromatic amines is 1. The summed E-state index contributed by atoms with van der Waals surface area (Å²) in [5.74, 6) is 0. The van der Waals surface area contributed by atoms with E-state index in [-0.39, 0.29) is 5.63 Å². The van der Waals surface area contributed by atoms with Crippen molar-refractivity contribution in [3.05, 3.63) is 83.3 Å². The SMILES string of the molecule is Nc1cccc(-c2cccc3c(=O)on(-c4c[nH]c5ccccc45)c23)c1. The summed E-state index contributed by atoms with van der Waals surface area (Å²) < 4.78 is 7.23. The molecule has 0 amide bonds. The fraction of sp³-hybridized carbons (Fsp3) is 0. The molecule has 26 heavy (non-hydrogen) atoms. The van der Waals surface area contributed by atoms with Gasteiger partial charge in [-0.1, -0.05) is 42.5 Å². The van der Waals surface area contributed by atoms with Crippen LogP contribution in [-0.4, -0.2) is 9.72 Å². The normalized spacial score (nSPS) is 11.4. The van der Waals surface area contributed by atoms with Crippen molar-refractivity contribution in [1.29, 1.82) is 0 Å². The molecule has 0 saturated heterocycles. The summed E-state index contributed by atoms with van der Waals surface area (Å²) in [5.41, 5.74) is 10.6. The zero-order valence-electron chi connectivity index (χ0n) is 13.8. The van der Waals surface area contributed by atoms with E-state index in [9.17, 15) is 4.79 Å². The predicted molar refractivity (Wildman–Crippen MR) is 104 cm³/mol. The lowest BCUT2D eigenvalue weighted by Gasteiger charge is -2.07. The highest BCUT2D eigenvalue weighted by Gasteiger charge is 2.18. The van der Waals surface area contributed by atoms with Gasteiger partial charge in [0.25, 0.3) is 0 Å². The zero-order valence-corrected chi connectivity index (χ0v) is 13.8. The Morgan fingerprint density at radius 2 is 1.73 bits per heavy atom. The molecule has 5 nitrogen and oxygen atoms in total. The molecule has 0 aliphatic heterocycles. The minimum Gasteiger partial charge on any atom is -0.399 e. The van der Waals surface area contributed by atoms with Gasteiger partial charge in [-0.3, -0.25) is 0 Å². The highest BCUT2D eigenvalue weighted by molar-refractivity contribution is 5.97. The average molecular weight is 341 g/mol. The van der Waals surface area contributed by atoms with Gasteiger partial charge in [0, 0.05) is 28.4 Å². The zero-order chi connectivity index (χ0) is 17.7. The molecule has 5 heteroatoms. The van der Waals surface area contributed by atoms with Crippen LogP contribution in [0.25, 0.3) is 38.6 Å². The van der Waals surface area contributed by atoms with Gasteiger partial charge >= 0.3 is 5.63 Å². The van der Waals surface area contributed by atoms with Crippen molar-refractivity contribution in [1.82, 2.24) is 9.72 Å². The first kappa shape index (κ1) is 14.6. The van der Waals surface area contributed by atoms with Crippen LogP contribution in [0.3, 0.4) is 0 Å². The van der Waals surface area contributed by atoms with Crippen molar-refractivity contribution >= 4 is 27.5 Å². The Balaban J connectivity index is 1.89. The first-order valence-electron chi connectivity index (χ1n) is 8.30. The van der Waals surface area contributed by atoms with Crippen LogP contribution in [-0.2, 0) is 0 Å². The molecule has 2 aromatic heterocycles. The number of nitrogens with zero attached hydrogens (tertiary/aromatic N) is 1. The summed E-state index contributed by atoms with van der Waals surface area (Å²) in [6.07, 6.45) is 1.85. The molecule has 3 aromatic carbocycles. The van der Waals surface area contributed by atoms with E-state index in [4.69, 9.17) is 10.3 Å². The number of anilines is 1. The molecular weight excluding hydrogens is 326 g/mol. The molecule has 0 aliphatic carbocycles. The monoisotopic (exact) mass is 341 g/mol. The van der Waals surface area contributed by atoms with Crippen molar-refractivity contribution in [2.24, 2.45) is 0 Å². The third-order valence-electron chi connectivity index (χ3n) is 4.62. The molecule has 126 valence electrons. The first-order valence-corrected chi connectivity index (χ1v) is 8.30. The third kappa shape index (κ3) is 2.07. The predicted octanol–water partition coefficient (Wildman–Crippen LogP) is 4.31. The van der Waals surface area contributed by atoms with Crippen molar-refractivity contribution in [3.63, 3.8) is 0 Å². The minimum absolute atomic E-state index is 0.365. The minimum atomic E-state index is -0.365. The number of nitrogens with two attached hydrogens (primary N) is 1. The van der Waals surface area contributed by atoms with Gasteiger partial charge in [-0.05, 0) is 29.8 Å². The molecule has 0 unspecified atom stereocenters. The van der Waals surface area contributed by atoms with E-state index in [1.807, 2.05) is 66.9 Å². The summed E-state index contributed by atoms with van der Waals surface area (Å²) >= 11 is 0. The second-order valence-electron chi connectivity index (χ2n) is 6.22. The van der Waals surface area contributed by atoms with Crippen LogP contribution in [0.1, 0.15) is 0 Å². The Morgan fingerprint density at radius 1 is 0.923 bits per heavy atom. The van der Waals surface area contributed by atoms with Crippen molar-refractivity contribution < 1.29 is 4.52 Å². The third-order valence-corrected chi connectivity index (χ3v) is 4.62. The molecule has 0 aliphatic rings. The number of nitrogens with one attached hydrogen (secondary N) is 1. The van der Waals surface area contributed by atoms with Crippen molar-refractivity contribution in [2.75, 3.05) is 5.73 Å². The second kappa shape index (κ2) is 5.39. The number of para-hydroxylation sites is 2. The summed E-state index contributed by atoms with van der Waals surface area (Å²) in [6, 6.07) is 21.1.